The number of methoxy groups -OCH3 is 1. The predicted octanol–water partition coefficient (Wildman–Crippen LogP) is 2.71. The van der Waals surface area contributed by atoms with Crippen molar-refractivity contribution in [1.82, 2.24) is 25.3 Å². The fraction of sp³-hybridized carbons (Fsp3) is 0.300. The maximum atomic E-state index is 10.6. The van der Waals surface area contributed by atoms with Crippen LogP contribution < -0.4 is 14.8 Å². The molecule has 1 saturated heterocycles. The number of carboxylic acid groups (broad SMARTS) is 1. The van der Waals surface area contributed by atoms with Crippen LogP contribution in [0, 0.1) is 0 Å². The van der Waals surface area contributed by atoms with Crippen LogP contribution in [0.3, 0.4) is 0 Å². The molecule has 3 heterocycles. The van der Waals surface area contributed by atoms with Gasteiger partial charge in [0.05, 0.1) is 18.5 Å². The molecule has 1 aliphatic rings. The molecule has 0 radical (unpaired) electrons. The standard InChI is InChI=1S/C18H19N5O2.C2HF3O2/c1-24-17-11-13(23-10-2-8-20-23)3-4-15(17)16-5-6-18(22-21-16)25-14-7-9-19-12-14;3-2(4,5)1(6)7/h2-6,8,10-11,14,19H,7,9,12H2,1H3;(H,6,7). The van der Waals surface area contributed by atoms with Crippen molar-refractivity contribution in [2.45, 2.75) is 18.7 Å². The van der Waals surface area contributed by atoms with Crippen molar-refractivity contribution in [3.63, 3.8) is 0 Å². The van der Waals surface area contributed by atoms with Crippen molar-refractivity contribution >= 4 is 5.97 Å². The Kier molecular flexibility index (Phi) is 7.25. The number of rotatable bonds is 5. The van der Waals surface area contributed by atoms with Crippen LogP contribution >= 0.6 is 0 Å². The number of hydrogen-bond acceptors (Lipinski definition) is 7. The number of aliphatic carboxylic acids is 1. The summed E-state index contributed by atoms with van der Waals surface area (Å²) in [5.41, 5.74) is 2.54. The van der Waals surface area contributed by atoms with Crippen molar-refractivity contribution in [1.29, 1.82) is 0 Å². The van der Waals surface area contributed by atoms with E-state index in [1.807, 2.05) is 42.6 Å². The maximum absolute atomic E-state index is 10.6. The van der Waals surface area contributed by atoms with Gasteiger partial charge in [0, 0.05) is 36.6 Å². The third kappa shape index (κ3) is 5.94. The van der Waals surface area contributed by atoms with E-state index in [1.54, 1.807) is 18.0 Å². The smallest absolute Gasteiger partial charge is 0.490 e. The lowest BCUT2D eigenvalue weighted by Crippen LogP contribution is -2.21. The highest BCUT2D eigenvalue weighted by atomic mass is 19.4. The van der Waals surface area contributed by atoms with E-state index in [0.29, 0.717) is 5.88 Å². The third-order valence-electron chi connectivity index (χ3n) is 4.42. The minimum absolute atomic E-state index is 0.169. The second kappa shape index (κ2) is 10.1. The predicted molar refractivity (Wildman–Crippen MR) is 107 cm³/mol. The van der Waals surface area contributed by atoms with Crippen LogP contribution in [0.5, 0.6) is 11.6 Å². The molecule has 0 bridgehead atoms. The topological polar surface area (TPSA) is 111 Å². The van der Waals surface area contributed by atoms with E-state index in [-0.39, 0.29) is 6.10 Å². The minimum Gasteiger partial charge on any atom is -0.496 e. The summed E-state index contributed by atoms with van der Waals surface area (Å²) in [6, 6.07) is 11.5. The molecule has 3 aromatic rings. The first-order valence-corrected chi connectivity index (χ1v) is 9.47. The molecular weight excluding hydrogens is 431 g/mol. The van der Waals surface area contributed by atoms with Crippen LogP contribution in [0.25, 0.3) is 16.9 Å². The van der Waals surface area contributed by atoms with Crippen molar-refractivity contribution in [3.05, 3.63) is 48.8 Å². The van der Waals surface area contributed by atoms with E-state index < -0.39 is 12.1 Å². The highest BCUT2D eigenvalue weighted by Gasteiger charge is 2.38. The lowest BCUT2D eigenvalue weighted by Gasteiger charge is -2.12. The zero-order chi connectivity index (χ0) is 23.1. The van der Waals surface area contributed by atoms with E-state index in [0.717, 1.165) is 42.2 Å². The molecule has 9 nitrogen and oxygen atoms in total. The van der Waals surface area contributed by atoms with Gasteiger partial charge in [-0.15, -0.1) is 10.2 Å². The second-order valence-corrected chi connectivity index (χ2v) is 6.63. The summed E-state index contributed by atoms with van der Waals surface area (Å²) < 4.78 is 44.9. The van der Waals surface area contributed by atoms with Crippen molar-refractivity contribution in [2.75, 3.05) is 20.2 Å². The number of ether oxygens (including phenoxy) is 2. The highest BCUT2D eigenvalue weighted by molar-refractivity contribution is 5.73. The molecule has 1 aliphatic heterocycles. The number of carbonyl (C=O) groups is 1. The van der Waals surface area contributed by atoms with E-state index in [2.05, 4.69) is 20.6 Å². The van der Waals surface area contributed by atoms with Gasteiger partial charge in [0.15, 0.2) is 0 Å². The Balaban J connectivity index is 0.000000360. The van der Waals surface area contributed by atoms with E-state index >= 15 is 0 Å². The summed E-state index contributed by atoms with van der Waals surface area (Å²) in [6.45, 7) is 1.84. The first-order chi connectivity index (χ1) is 15.3. The molecular formula is C20H20F3N5O4. The Hall–Kier alpha value is -3.67. The van der Waals surface area contributed by atoms with Crippen LogP contribution in [0.4, 0.5) is 13.2 Å². The summed E-state index contributed by atoms with van der Waals surface area (Å²) >= 11 is 0. The molecule has 32 heavy (non-hydrogen) atoms. The molecule has 1 unspecified atom stereocenters. The maximum Gasteiger partial charge on any atom is 0.490 e. The molecule has 1 fully saturated rings. The van der Waals surface area contributed by atoms with Crippen LogP contribution in [-0.4, -0.2) is 63.5 Å². The van der Waals surface area contributed by atoms with E-state index in [1.165, 1.54) is 0 Å². The Morgan fingerprint density at radius 3 is 2.56 bits per heavy atom. The normalized spacial score (nSPS) is 15.6. The Morgan fingerprint density at radius 1 is 1.25 bits per heavy atom. The van der Waals surface area contributed by atoms with Gasteiger partial charge in [-0.05, 0) is 37.2 Å². The molecule has 170 valence electrons. The van der Waals surface area contributed by atoms with Gasteiger partial charge in [-0.1, -0.05) is 0 Å². The van der Waals surface area contributed by atoms with Gasteiger partial charge in [0.1, 0.15) is 11.9 Å². The van der Waals surface area contributed by atoms with Gasteiger partial charge < -0.3 is 19.9 Å². The average molecular weight is 451 g/mol. The van der Waals surface area contributed by atoms with Crippen molar-refractivity contribution in [3.8, 4) is 28.6 Å². The third-order valence-corrected chi connectivity index (χ3v) is 4.42. The summed E-state index contributed by atoms with van der Waals surface area (Å²) in [7, 11) is 1.64. The average Bonchev–Trinajstić information content (AvgIpc) is 3.48. The Labute approximate surface area is 180 Å². The fourth-order valence-electron chi connectivity index (χ4n) is 2.88. The van der Waals surface area contributed by atoms with Gasteiger partial charge in [0.25, 0.3) is 0 Å². The zero-order valence-corrected chi connectivity index (χ0v) is 16.9. The molecule has 2 aromatic heterocycles. The molecule has 0 spiro atoms. The summed E-state index contributed by atoms with van der Waals surface area (Å²) in [5.74, 6) is -1.49. The Morgan fingerprint density at radius 2 is 2.03 bits per heavy atom. The Bertz CT molecular complexity index is 1020. The SMILES string of the molecule is COc1cc(-n2cccn2)ccc1-c1ccc(OC2CCNC2)nn1.O=C(O)C(F)(F)F. The molecule has 2 N–H and O–H groups in total. The van der Waals surface area contributed by atoms with Gasteiger partial charge >= 0.3 is 12.1 Å². The largest absolute Gasteiger partial charge is 0.496 e. The van der Waals surface area contributed by atoms with Crippen LogP contribution in [-0.2, 0) is 4.79 Å². The summed E-state index contributed by atoms with van der Waals surface area (Å²) in [6.07, 6.45) is -0.294. The number of aromatic nitrogens is 4. The first kappa shape index (κ1) is 23.0. The minimum atomic E-state index is -5.08. The van der Waals surface area contributed by atoms with Crippen LogP contribution in [0.2, 0.25) is 0 Å². The molecule has 4 rings (SSSR count). The fourth-order valence-corrected chi connectivity index (χ4v) is 2.88. The van der Waals surface area contributed by atoms with E-state index in [4.69, 9.17) is 19.4 Å². The number of halogens is 3. The lowest BCUT2D eigenvalue weighted by molar-refractivity contribution is -0.192. The number of carboxylic acids is 1. The molecule has 0 aliphatic carbocycles. The van der Waals surface area contributed by atoms with Gasteiger partial charge in [0.2, 0.25) is 5.88 Å². The molecule has 0 saturated carbocycles. The molecule has 1 aromatic carbocycles. The van der Waals surface area contributed by atoms with Crippen molar-refractivity contribution in [2.24, 2.45) is 0 Å². The van der Waals surface area contributed by atoms with Gasteiger partial charge in [-0.2, -0.15) is 18.3 Å². The summed E-state index contributed by atoms with van der Waals surface area (Å²) in [5, 5.41) is 23.1. The van der Waals surface area contributed by atoms with Crippen molar-refractivity contribution < 1.29 is 32.5 Å². The monoisotopic (exact) mass is 451 g/mol. The van der Waals surface area contributed by atoms with Gasteiger partial charge in [-0.25, -0.2) is 9.48 Å². The number of hydrogen-bond donors (Lipinski definition) is 2. The molecule has 12 heteroatoms. The van der Waals surface area contributed by atoms with Gasteiger partial charge in [-0.3, -0.25) is 0 Å². The van der Waals surface area contributed by atoms with E-state index in [9.17, 15) is 13.2 Å². The highest BCUT2D eigenvalue weighted by Crippen LogP contribution is 2.31. The second-order valence-electron chi connectivity index (χ2n) is 6.63. The summed E-state index contributed by atoms with van der Waals surface area (Å²) in [4.78, 5) is 8.90. The quantitative estimate of drug-likeness (QED) is 0.609. The zero-order valence-electron chi connectivity index (χ0n) is 16.9. The molecule has 0 amide bonds. The number of alkyl halides is 3. The molecule has 1 atom stereocenters. The first-order valence-electron chi connectivity index (χ1n) is 9.47. The number of nitrogens with zero attached hydrogens (tertiary/aromatic N) is 4. The number of nitrogens with one attached hydrogen (secondary N) is 1. The number of benzene rings is 1. The lowest BCUT2D eigenvalue weighted by atomic mass is 10.1. The van der Waals surface area contributed by atoms with Crippen LogP contribution in [0.15, 0.2) is 48.8 Å². The van der Waals surface area contributed by atoms with Crippen LogP contribution in [0.1, 0.15) is 6.42 Å².